The number of allylic oxidation sites excluding steroid dienone is 1. The Morgan fingerprint density at radius 1 is 1.38 bits per heavy atom. The van der Waals surface area contributed by atoms with Crippen molar-refractivity contribution < 1.29 is 14.1 Å². The molecule has 0 aliphatic rings. The maximum absolute atomic E-state index is 11.9. The van der Waals surface area contributed by atoms with E-state index in [9.17, 15) is 4.79 Å². The molecule has 21 heavy (non-hydrogen) atoms. The SMILES string of the molecule is C=C(C)C(=O)c1ccc(OCc2nc(C)no2)c(Cl)c1Cl. The molecule has 2 aromatic rings. The van der Waals surface area contributed by atoms with Gasteiger partial charge in [-0.25, -0.2) is 0 Å². The summed E-state index contributed by atoms with van der Waals surface area (Å²) in [5.41, 5.74) is 0.665. The van der Waals surface area contributed by atoms with E-state index in [1.54, 1.807) is 26.0 Å². The summed E-state index contributed by atoms with van der Waals surface area (Å²) in [5, 5.41) is 3.93. The van der Waals surface area contributed by atoms with Crippen LogP contribution in [-0.4, -0.2) is 15.9 Å². The Balaban J connectivity index is 2.20. The van der Waals surface area contributed by atoms with E-state index in [2.05, 4.69) is 16.7 Å². The van der Waals surface area contributed by atoms with E-state index in [4.69, 9.17) is 32.5 Å². The summed E-state index contributed by atoms with van der Waals surface area (Å²) in [4.78, 5) is 15.9. The summed E-state index contributed by atoms with van der Waals surface area (Å²) in [5.74, 6) is 0.902. The number of ether oxygens (including phenoxy) is 1. The van der Waals surface area contributed by atoms with Gasteiger partial charge in [0.1, 0.15) is 10.8 Å². The van der Waals surface area contributed by atoms with Gasteiger partial charge >= 0.3 is 0 Å². The second-order valence-corrected chi connectivity index (χ2v) is 5.13. The average Bonchev–Trinajstić information content (AvgIpc) is 2.85. The third-order valence-electron chi connectivity index (χ3n) is 2.60. The minimum absolute atomic E-state index is 0.0602. The van der Waals surface area contributed by atoms with Crippen LogP contribution in [0.25, 0.3) is 0 Å². The molecule has 0 saturated carbocycles. The molecule has 0 aliphatic carbocycles. The summed E-state index contributed by atoms with van der Waals surface area (Å²) in [6.07, 6.45) is 0. The molecule has 0 amide bonds. The molecule has 0 radical (unpaired) electrons. The molecule has 0 saturated heterocycles. The first-order chi connectivity index (χ1) is 9.90. The van der Waals surface area contributed by atoms with Crippen molar-refractivity contribution in [3.63, 3.8) is 0 Å². The first-order valence-corrected chi connectivity index (χ1v) is 6.76. The number of rotatable bonds is 5. The molecule has 0 N–H and O–H groups in total. The second-order valence-electron chi connectivity index (χ2n) is 4.37. The highest BCUT2D eigenvalue weighted by Gasteiger charge is 2.17. The van der Waals surface area contributed by atoms with Crippen LogP contribution in [0.2, 0.25) is 10.0 Å². The van der Waals surface area contributed by atoms with E-state index in [0.29, 0.717) is 23.0 Å². The van der Waals surface area contributed by atoms with Crippen molar-refractivity contribution in [2.45, 2.75) is 20.5 Å². The van der Waals surface area contributed by atoms with Crippen molar-refractivity contribution in [2.75, 3.05) is 0 Å². The van der Waals surface area contributed by atoms with Gasteiger partial charge in [0.05, 0.1) is 5.02 Å². The number of carbonyl (C=O) groups is 1. The van der Waals surface area contributed by atoms with E-state index < -0.39 is 0 Å². The zero-order valence-electron chi connectivity index (χ0n) is 11.4. The molecule has 0 unspecified atom stereocenters. The highest BCUT2D eigenvalue weighted by molar-refractivity contribution is 6.45. The van der Waals surface area contributed by atoms with E-state index in [1.165, 1.54) is 0 Å². The minimum atomic E-state index is -0.263. The number of nitrogens with zero attached hydrogens (tertiary/aromatic N) is 2. The van der Waals surface area contributed by atoms with Crippen molar-refractivity contribution in [1.29, 1.82) is 0 Å². The van der Waals surface area contributed by atoms with Gasteiger partial charge in [0, 0.05) is 5.56 Å². The van der Waals surface area contributed by atoms with Crippen LogP contribution in [0.15, 0.2) is 28.8 Å². The zero-order valence-corrected chi connectivity index (χ0v) is 13.0. The van der Waals surface area contributed by atoms with Crippen LogP contribution in [0, 0.1) is 6.92 Å². The van der Waals surface area contributed by atoms with E-state index in [-0.39, 0.29) is 28.0 Å². The Morgan fingerprint density at radius 2 is 2.10 bits per heavy atom. The lowest BCUT2D eigenvalue weighted by Gasteiger charge is -2.10. The summed E-state index contributed by atoms with van der Waals surface area (Å²) in [6.45, 7) is 6.96. The van der Waals surface area contributed by atoms with Crippen molar-refractivity contribution in [1.82, 2.24) is 10.1 Å². The number of Topliss-reactive ketones (excluding diaryl/α,β-unsaturated/α-hetero) is 1. The highest BCUT2D eigenvalue weighted by Crippen LogP contribution is 2.35. The van der Waals surface area contributed by atoms with E-state index in [1.807, 2.05) is 0 Å². The normalized spacial score (nSPS) is 10.5. The number of hydrogen-bond acceptors (Lipinski definition) is 5. The van der Waals surface area contributed by atoms with Gasteiger partial charge in [0.2, 0.25) is 0 Å². The molecule has 1 aromatic heterocycles. The Morgan fingerprint density at radius 3 is 2.67 bits per heavy atom. The Bertz CT molecular complexity index is 710. The molecule has 0 aliphatic heterocycles. The lowest BCUT2D eigenvalue weighted by atomic mass is 10.1. The molecular weight excluding hydrogens is 315 g/mol. The van der Waals surface area contributed by atoms with Crippen molar-refractivity contribution in [3.8, 4) is 5.75 Å². The molecule has 1 aromatic carbocycles. The van der Waals surface area contributed by atoms with Gasteiger partial charge in [0.15, 0.2) is 18.2 Å². The molecule has 1 heterocycles. The predicted octanol–water partition coefficient (Wildman–Crippen LogP) is 4.02. The molecule has 0 atom stereocenters. The number of ketones is 1. The number of benzene rings is 1. The van der Waals surface area contributed by atoms with Gasteiger partial charge in [-0.05, 0) is 31.6 Å². The van der Waals surface area contributed by atoms with Crippen LogP contribution < -0.4 is 4.74 Å². The molecule has 0 bridgehead atoms. The lowest BCUT2D eigenvalue weighted by Crippen LogP contribution is -2.02. The number of aryl methyl sites for hydroxylation is 1. The highest BCUT2D eigenvalue weighted by atomic mass is 35.5. The van der Waals surface area contributed by atoms with Crippen molar-refractivity contribution >= 4 is 29.0 Å². The minimum Gasteiger partial charge on any atom is -0.482 e. The Labute approximate surface area is 131 Å². The molecule has 110 valence electrons. The average molecular weight is 327 g/mol. The zero-order chi connectivity index (χ0) is 15.6. The molecule has 0 fully saturated rings. The fourth-order valence-corrected chi connectivity index (χ4v) is 2.05. The topological polar surface area (TPSA) is 65.2 Å². The number of carbonyl (C=O) groups excluding carboxylic acids is 1. The summed E-state index contributed by atoms with van der Waals surface area (Å²) < 4.78 is 10.4. The van der Waals surface area contributed by atoms with Crippen LogP contribution in [0.4, 0.5) is 0 Å². The Hall–Kier alpha value is -1.85. The van der Waals surface area contributed by atoms with Crippen LogP contribution in [0.3, 0.4) is 0 Å². The van der Waals surface area contributed by atoms with Crippen LogP contribution >= 0.6 is 23.2 Å². The monoisotopic (exact) mass is 326 g/mol. The largest absolute Gasteiger partial charge is 0.482 e. The summed E-state index contributed by atoms with van der Waals surface area (Å²) in [6, 6.07) is 3.10. The fourth-order valence-electron chi connectivity index (χ4n) is 1.59. The summed E-state index contributed by atoms with van der Waals surface area (Å²) >= 11 is 12.2. The third-order valence-corrected chi connectivity index (χ3v) is 3.46. The van der Waals surface area contributed by atoms with Crippen molar-refractivity contribution in [3.05, 3.63) is 51.6 Å². The smallest absolute Gasteiger partial charge is 0.264 e. The van der Waals surface area contributed by atoms with E-state index >= 15 is 0 Å². The van der Waals surface area contributed by atoms with Gasteiger partial charge in [-0.3, -0.25) is 4.79 Å². The van der Waals surface area contributed by atoms with Crippen LogP contribution in [-0.2, 0) is 6.61 Å². The van der Waals surface area contributed by atoms with Gasteiger partial charge in [0.25, 0.3) is 5.89 Å². The molecule has 2 rings (SSSR count). The van der Waals surface area contributed by atoms with Gasteiger partial charge in [-0.2, -0.15) is 4.98 Å². The maximum Gasteiger partial charge on any atom is 0.264 e. The predicted molar refractivity (Wildman–Crippen MR) is 79.0 cm³/mol. The number of halogens is 2. The third kappa shape index (κ3) is 3.43. The molecule has 0 spiro atoms. The first kappa shape index (κ1) is 15.5. The van der Waals surface area contributed by atoms with Gasteiger partial charge < -0.3 is 9.26 Å². The molecule has 5 nitrogen and oxygen atoms in total. The van der Waals surface area contributed by atoms with Crippen LogP contribution in [0.5, 0.6) is 5.75 Å². The van der Waals surface area contributed by atoms with Crippen LogP contribution in [0.1, 0.15) is 29.0 Å². The fraction of sp³-hybridized carbons (Fsp3) is 0.214. The quantitative estimate of drug-likeness (QED) is 0.613. The standard InChI is InChI=1S/C14H12Cl2N2O3/c1-7(2)14(19)9-4-5-10(13(16)12(9)15)20-6-11-17-8(3)18-21-11/h4-5H,1,6H2,2-3H3. The van der Waals surface area contributed by atoms with E-state index in [0.717, 1.165) is 0 Å². The maximum atomic E-state index is 11.9. The molecular formula is C14H12Cl2N2O3. The van der Waals surface area contributed by atoms with Gasteiger partial charge in [-0.15, -0.1) is 0 Å². The molecule has 7 heteroatoms. The Kier molecular flexibility index (Phi) is 4.65. The first-order valence-electron chi connectivity index (χ1n) is 6.00. The number of hydrogen-bond donors (Lipinski definition) is 0. The summed E-state index contributed by atoms with van der Waals surface area (Å²) in [7, 11) is 0. The second kappa shape index (κ2) is 6.28. The van der Waals surface area contributed by atoms with Gasteiger partial charge in [-0.1, -0.05) is 34.9 Å². The lowest BCUT2D eigenvalue weighted by molar-refractivity contribution is 0.103. The van der Waals surface area contributed by atoms with Crippen molar-refractivity contribution in [2.24, 2.45) is 0 Å². The number of aromatic nitrogens is 2.